The van der Waals surface area contributed by atoms with E-state index in [2.05, 4.69) is 19.9 Å². The number of piperidine rings is 1. The molecule has 25 heavy (non-hydrogen) atoms. The first-order valence-electron chi connectivity index (χ1n) is 8.58. The van der Waals surface area contributed by atoms with Crippen molar-refractivity contribution in [3.8, 4) is 0 Å². The summed E-state index contributed by atoms with van der Waals surface area (Å²) in [5.74, 6) is 1.32. The van der Waals surface area contributed by atoms with Gasteiger partial charge in [0.15, 0.2) is 0 Å². The SMILES string of the molecule is CSc1ncccc1C(=O)N1CC2CCC1CN(c1ncccn1)C2. The van der Waals surface area contributed by atoms with Gasteiger partial charge in [0.2, 0.25) is 5.95 Å². The highest BCUT2D eigenvalue weighted by Gasteiger charge is 2.38. The predicted molar refractivity (Wildman–Crippen MR) is 97.8 cm³/mol. The lowest BCUT2D eigenvalue weighted by molar-refractivity contribution is 0.0587. The Morgan fingerprint density at radius 3 is 2.68 bits per heavy atom. The summed E-state index contributed by atoms with van der Waals surface area (Å²) in [7, 11) is 0. The van der Waals surface area contributed by atoms with Gasteiger partial charge in [-0.3, -0.25) is 4.79 Å². The number of amides is 1. The van der Waals surface area contributed by atoms with Gasteiger partial charge in [0, 0.05) is 44.3 Å². The van der Waals surface area contributed by atoms with Crippen molar-refractivity contribution < 1.29 is 4.79 Å². The molecule has 0 aromatic carbocycles. The maximum absolute atomic E-state index is 13.2. The molecule has 3 fully saturated rings. The monoisotopic (exact) mass is 355 g/mol. The van der Waals surface area contributed by atoms with Gasteiger partial charge in [0.05, 0.1) is 5.56 Å². The van der Waals surface area contributed by atoms with Crippen LogP contribution >= 0.6 is 11.8 Å². The summed E-state index contributed by atoms with van der Waals surface area (Å²) in [5.41, 5.74) is 0.713. The van der Waals surface area contributed by atoms with Gasteiger partial charge in [-0.2, -0.15) is 0 Å². The zero-order chi connectivity index (χ0) is 17.2. The van der Waals surface area contributed by atoms with Gasteiger partial charge < -0.3 is 9.80 Å². The molecule has 2 unspecified atom stereocenters. The summed E-state index contributed by atoms with van der Waals surface area (Å²) in [6, 6.07) is 5.76. The molecule has 130 valence electrons. The zero-order valence-corrected chi connectivity index (χ0v) is 15.0. The Bertz CT molecular complexity index is 756. The molecule has 0 aliphatic carbocycles. The normalized spacial score (nSPS) is 22.8. The third kappa shape index (κ3) is 3.20. The number of rotatable bonds is 3. The molecule has 3 aliphatic heterocycles. The van der Waals surface area contributed by atoms with Gasteiger partial charge in [0.25, 0.3) is 5.91 Å². The molecule has 3 aliphatic rings. The number of hydrogen-bond donors (Lipinski definition) is 0. The van der Waals surface area contributed by atoms with Crippen LogP contribution in [0.3, 0.4) is 0 Å². The molecule has 2 aromatic heterocycles. The highest BCUT2D eigenvalue weighted by molar-refractivity contribution is 7.98. The standard InChI is InChI=1S/C18H21N5OS/c1-25-16-15(4-2-7-19-16)17(24)23-11-13-5-6-14(23)12-22(10-13)18-20-8-3-9-21-18/h2-4,7-9,13-14H,5-6,10-12H2,1H3. The first-order valence-corrected chi connectivity index (χ1v) is 9.80. The van der Waals surface area contributed by atoms with Crippen molar-refractivity contribution in [1.82, 2.24) is 19.9 Å². The number of carbonyl (C=O) groups excluding carboxylic acids is 1. The Hall–Kier alpha value is -2.15. The predicted octanol–water partition coefficient (Wildman–Crippen LogP) is 2.33. The molecule has 0 spiro atoms. The van der Waals surface area contributed by atoms with Crippen LogP contribution in [0.1, 0.15) is 23.2 Å². The van der Waals surface area contributed by atoms with Crippen molar-refractivity contribution >= 4 is 23.6 Å². The van der Waals surface area contributed by atoms with Crippen LogP contribution < -0.4 is 4.90 Å². The molecule has 1 amide bonds. The number of hydrogen-bond acceptors (Lipinski definition) is 6. The summed E-state index contributed by atoms with van der Waals surface area (Å²) in [6.07, 6.45) is 9.44. The van der Waals surface area contributed by atoms with Crippen LogP contribution in [0.25, 0.3) is 0 Å². The van der Waals surface area contributed by atoms with E-state index in [9.17, 15) is 4.79 Å². The van der Waals surface area contributed by atoms with Gasteiger partial charge >= 0.3 is 0 Å². The smallest absolute Gasteiger partial charge is 0.256 e. The molecule has 0 radical (unpaired) electrons. The van der Waals surface area contributed by atoms with Gasteiger partial charge in [-0.1, -0.05) is 0 Å². The summed E-state index contributed by atoms with van der Waals surface area (Å²) in [4.78, 5) is 30.6. The topological polar surface area (TPSA) is 62.2 Å². The van der Waals surface area contributed by atoms with Crippen LogP contribution in [0.15, 0.2) is 41.8 Å². The number of nitrogens with zero attached hydrogens (tertiary/aromatic N) is 5. The van der Waals surface area contributed by atoms with Gasteiger partial charge in [0.1, 0.15) is 5.03 Å². The number of pyridine rings is 1. The van der Waals surface area contributed by atoms with E-state index in [1.165, 1.54) is 11.8 Å². The molecule has 0 saturated carbocycles. The Kier molecular flexibility index (Phi) is 4.57. The third-order valence-corrected chi connectivity index (χ3v) is 5.72. The molecule has 2 bridgehead atoms. The molecule has 6 nitrogen and oxygen atoms in total. The lowest BCUT2D eigenvalue weighted by Crippen LogP contribution is -2.47. The van der Waals surface area contributed by atoms with Crippen LogP contribution in [-0.4, -0.2) is 57.7 Å². The minimum absolute atomic E-state index is 0.1000. The van der Waals surface area contributed by atoms with Crippen LogP contribution in [0, 0.1) is 5.92 Å². The zero-order valence-electron chi connectivity index (χ0n) is 14.2. The first-order chi connectivity index (χ1) is 12.3. The highest BCUT2D eigenvalue weighted by Crippen LogP contribution is 2.31. The van der Waals surface area contributed by atoms with Crippen molar-refractivity contribution in [2.75, 3.05) is 30.8 Å². The van der Waals surface area contributed by atoms with Crippen LogP contribution in [0.4, 0.5) is 5.95 Å². The Balaban J connectivity index is 1.59. The van der Waals surface area contributed by atoms with Crippen LogP contribution in [0.2, 0.25) is 0 Å². The maximum Gasteiger partial charge on any atom is 0.256 e. The second-order valence-corrected chi connectivity index (χ2v) is 7.36. The molecule has 2 aromatic rings. The average Bonchev–Trinajstić information content (AvgIpc) is 3.00. The fourth-order valence-electron chi connectivity index (χ4n) is 3.82. The Morgan fingerprint density at radius 2 is 1.88 bits per heavy atom. The Morgan fingerprint density at radius 1 is 1.08 bits per heavy atom. The van der Waals surface area contributed by atoms with Crippen molar-refractivity contribution in [2.45, 2.75) is 23.9 Å². The van der Waals surface area contributed by atoms with E-state index in [1.54, 1.807) is 18.6 Å². The molecule has 7 heteroatoms. The largest absolute Gasteiger partial charge is 0.338 e. The van der Waals surface area contributed by atoms with Gasteiger partial charge in [-0.15, -0.1) is 11.8 Å². The third-order valence-electron chi connectivity index (χ3n) is 5.00. The maximum atomic E-state index is 13.2. The molecule has 0 N–H and O–H groups in total. The minimum atomic E-state index is 0.1000. The van der Waals surface area contributed by atoms with Crippen molar-refractivity contribution in [3.05, 3.63) is 42.4 Å². The van der Waals surface area contributed by atoms with E-state index < -0.39 is 0 Å². The summed E-state index contributed by atoms with van der Waals surface area (Å²) in [6.45, 7) is 2.50. The van der Waals surface area contributed by atoms with E-state index in [4.69, 9.17) is 0 Å². The molecule has 5 rings (SSSR count). The second kappa shape index (κ2) is 7.00. The second-order valence-electron chi connectivity index (χ2n) is 6.57. The molecule has 5 heterocycles. The molecule has 3 saturated heterocycles. The van der Waals surface area contributed by atoms with E-state index in [0.717, 1.165) is 43.5 Å². The van der Waals surface area contributed by atoms with E-state index in [-0.39, 0.29) is 11.9 Å². The summed E-state index contributed by atoms with van der Waals surface area (Å²) < 4.78 is 0. The summed E-state index contributed by atoms with van der Waals surface area (Å²) >= 11 is 1.52. The number of fused-ring (bicyclic) bond motifs is 4. The minimum Gasteiger partial charge on any atom is -0.338 e. The Labute approximate surface area is 151 Å². The number of carbonyl (C=O) groups is 1. The number of aromatic nitrogens is 3. The molecule has 2 atom stereocenters. The van der Waals surface area contributed by atoms with E-state index in [1.807, 2.05) is 29.4 Å². The van der Waals surface area contributed by atoms with Gasteiger partial charge in [-0.05, 0) is 43.2 Å². The average molecular weight is 355 g/mol. The molecular formula is C18H21N5OS. The van der Waals surface area contributed by atoms with Crippen molar-refractivity contribution in [3.63, 3.8) is 0 Å². The van der Waals surface area contributed by atoms with E-state index in [0.29, 0.717) is 11.5 Å². The number of anilines is 1. The van der Waals surface area contributed by atoms with Crippen LogP contribution in [0.5, 0.6) is 0 Å². The fraction of sp³-hybridized carbons (Fsp3) is 0.444. The molecular weight excluding hydrogens is 334 g/mol. The van der Waals surface area contributed by atoms with Crippen LogP contribution in [-0.2, 0) is 0 Å². The quantitative estimate of drug-likeness (QED) is 0.788. The summed E-state index contributed by atoms with van der Waals surface area (Å²) in [5, 5.41) is 0.802. The van der Waals surface area contributed by atoms with Gasteiger partial charge in [-0.25, -0.2) is 15.0 Å². The number of thioether (sulfide) groups is 1. The van der Waals surface area contributed by atoms with E-state index >= 15 is 0 Å². The lowest BCUT2D eigenvalue weighted by Gasteiger charge is -2.36. The van der Waals surface area contributed by atoms with Crippen molar-refractivity contribution in [2.24, 2.45) is 5.92 Å². The van der Waals surface area contributed by atoms with Crippen molar-refractivity contribution in [1.29, 1.82) is 0 Å². The fourth-order valence-corrected chi connectivity index (χ4v) is 4.36. The lowest BCUT2D eigenvalue weighted by atomic mass is 9.94. The first kappa shape index (κ1) is 16.3. The highest BCUT2D eigenvalue weighted by atomic mass is 32.2.